The van der Waals surface area contributed by atoms with Crippen molar-refractivity contribution in [2.24, 2.45) is 0 Å². The third kappa shape index (κ3) is 5.17. The standard InChI is InChI=1S/C24H25N3O3S/c1-17-5-9-19(10-6-17)25-22(28)16-27-23(29)21(31-24(27)30)15-18-7-11-20(12-8-18)26-13-3-2-4-14-26/h5-12,15H,2-4,13-14,16H2,1H3,(H,25,28)/b21-15-. The summed E-state index contributed by atoms with van der Waals surface area (Å²) >= 11 is 0.867. The second-order valence-corrected chi connectivity index (χ2v) is 8.81. The van der Waals surface area contributed by atoms with Crippen LogP contribution in [0.25, 0.3) is 6.08 Å². The molecular formula is C24H25N3O3S. The Kier molecular flexibility index (Phi) is 6.42. The maximum Gasteiger partial charge on any atom is 0.294 e. The maximum absolute atomic E-state index is 12.7. The summed E-state index contributed by atoms with van der Waals surface area (Å²) in [6.45, 7) is 3.80. The fourth-order valence-electron chi connectivity index (χ4n) is 3.70. The maximum atomic E-state index is 12.7. The van der Waals surface area contributed by atoms with Crippen LogP contribution in [0.1, 0.15) is 30.4 Å². The van der Waals surface area contributed by atoms with Crippen molar-refractivity contribution in [2.75, 3.05) is 29.9 Å². The number of amides is 3. The van der Waals surface area contributed by atoms with Gasteiger partial charge in [-0.2, -0.15) is 0 Å². The van der Waals surface area contributed by atoms with Crippen LogP contribution in [0.4, 0.5) is 16.2 Å². The molecule has 2 aromatic rings. The lowest BCUT2D eigenvalue weighted by Gasteiger charge is -2.28. The van der Waals surface area contributed by atoms with Gasteiger partial charge in [-0.25, -0.2) is 0 Å². The summed E-state index contributed by atoms with van der Waals surface area (Å²) < 4.78 is 0. The largest absolute Gasteiger partial charge is 0.372 e. The second kappa shape index (κ2) is 9.39. The molecule has 0 unspecified atom stereocenters. The number of carbonyl (C=O) groups is 3. The quantitative estimate of drug-likeness (QED) is 0.692. The van der Waals surface area contributed by atoms with Gasteiger partial charge in [-0.15, -0.1) is 0 Å². The van der Waals surface area contributed by atoms with Crippen LogP contribution in [-0.2, 0) is 9.59 Å². The lowest BCUT2D eigenvalue weighted by molar-refractivity contribution is -0.127. The Morgan fingerprint density at radius 2 is 1.68 bits per heavy atom. The van der Waals surface area contributed by atoms with Crippen molar-refractivity contribution in [1.82, 2.24) is 4.90 Å². The van der Waals surface area contributed by atoms with Gasteiger partial charge in [-0.1, -0.05) is 29.8 Å². The first-order valence-electron chi connectivity index (χ1n) is 10.5. The summed E-state index contributed by atoms with van der Waals surface area (Å²) in [5.74, 6) is -0.840. The van der Waals surface area contributed by atoms with E-state index in [0.717, 1.165) is 40.9 Å². The lowest BCUT2D eigenvalue weighted by atomic mass is 10.1. The summed E-state index contributed by atoms with van der Waals surface area (Å²) in [5, 5.41) is 2.29. The molecule has 7 heteroatoms. The van der Waals surface area contributed by atoms with Gasteiger partial charge in [-0.05, 0) is 73.9 Å². The van der Waals surface area contributed by atoms with Gasteiger partial charge in [0, 0.05) is 24.5 Å². The SMILES string of the molecule is Cc1ccc(NC(=O)CN2C(=O)S/C(=C\c3ccc(N4CCCCC4)cc3)C2=O)cc1. The molecule has 2 heterocycles. The minimum Gasteiger partial charge on any atom is -0.372 e. The van der Waals surface area contributed by atoms with E-state index in [0.29, 0.717) is 10.6 Å². The molecule has 0 atom stereocenters. The number of benzene rings is 2. The molecule has 0 aromatic heterocycles. The van der Waals surface area contributed by atoms with Gasteiger partial charge in [0.1, 0.15) is 6.54 Å². The predicted octanol–water partition coefficient (Wildman–Crippen LogP) is 4.66. The molecule has 2 aliphatic rings. The number of hydrogen-bond donors (Lipinski definition) is 1. The number of aryl methyl sites for hydroxylation is 1. The third-order valence-corrected chi connectivity index (χ3v) is 6.33. The third-order valence-electron chi connectivity index (χ3n) is 5.42. The highest BCUT2D eigenvalue weighted by atomic mass is 32.2. The topological polar surface area (TPSA) is 69.7 Å². The van der Waals surface area contributed by atoms with E-state index in [4.69, 9.17) is 0 Å². The van der Waals surface area contributed by atoms with E-state index in [-0.39, 0.29) is 6.54 Å². The Morgan fingerprint density at radius 3 is 2.35 bits per heavy atom. The van der Waals surface area contributed by atoms with Crippen LogP contribution in [0.5, 0.6) is 0 Å². The van der Waals surface area contributed by atoms with Gasteiger partial charge in [0.05, 0.1) is 4.91 Å². The molecule has 0 radical (unpaired) electrons. The van der Waals surface area contributed by atoms with Crippen LogP contribution >= 0.6 is 11.8 Å². The zero-order chi connectivity index (χ0) is 21.8. The van der Waals surface area contributed by atoms with E-state index in [9.17, 15) is 14.4 Å². The Labute approximate surface area is 186 Å². The number of carbonyl (C=O) groups excluding carboxylic acids is 3. The van der Waals surface area contributed by atoms with Crippen molar-refractivity contribution in [3.8, 4) is 0 Å². The van der Waals surface area contributed by atoms with Crippen LogP contribution in [0, 0.1) is 6.92 Å². The first-order chi connectivity index (χ1) is 15.0. The van der Waals surface area contributed by atoms with E-state index in [1.54, 1.807) is 18.2 Å². The van der Waals surface area contributed by atoms with Crippen LogP contribution in [0.2, 0.25) is 0 Å². The number of piperidine rings is 1. The predicted molar refractivity (Wildman–Crippen MR) is 125 cm³/mol. The highest BCUT2D eigenvalue weighted by Crippen LogP contribution is 2.32. The molecule has 3 amide bonds. The number of thioether (sulfide) groups is 1. The number of anilines is 2. The Balaban J connectivity index is 1.39. The summed E-state index contributed by atoms with van der Waals surface area (Å²) in [6.07, 6.45) is 5.43. The number of hydrogen-bond acceptors (Lipinski definition) is 5. The zero-order valence-corrected chi connectivity index (χ0v) is 18.3. The smallest absolute Gasteiger partial charge is 0.294 e. The number of nitrogens with zero attached hydrogens (tertiary/aromatic N) is 2. The van der Waals surface area contributed by atoms with E-state index in [1.807, 2.05) is 31.2 Å². The van der Waals surface area contributed by atoms with E-state index >= 15 is 0 Å². The van der Waals surface area contributed by atoms with E-state index in [1.165, 1.54) is 24.9 Å². The zero-order valence-electron chi connectivity index (χ0n) is 17.5. The molecular weight excluding hydrogens is 410 g/mol. The van der Waals surface area contributed by atoms with Crippen molar-refractivity contribution in [2.45, 2.75) is 26.2 Å². The van der Waals surface area contributed by atoms with Crippen LogP contribution < -0.4 is 10.2 Å². The minimum atomic E-state index is -0.436. The molecule has 31 heavy (non-hydrogen) atoms. The molecule has 2 saturated heterocycles. The lowest BCUT2D eigenvalue weighted by Crippen LogP contribution is -2.36. The van der Waals surface area contributed by atoms with Crippen molar-refractivity contribution in [1.29, 1.82) is 0 Å². The monoisotopic (exact) mass is 435 g/mol. The van der Waals surface area contributed by atoms with Gasteiger partial charge in [0.25, 0.3) is 11.1 Å². The molecule has 2 fully saturated rings. The number of nitrogens with one attached hydrogen (secondary N) is 1. The molecule has 0 spiro atoms. The fourth-order valence-corrected chi connectivity index (χ4v) is 4.54. The Morgan fingerprint density at radius 1 is 1.00 bits per heavy atom. The Hall–Kier alpha value is -3.06. The molecule has 4 rings (SSSR count). The molecule has 1 N–H and O–H groups in total. The van der Waals surface area contributed by atoms with Gasteiger partial charge >= 0.3 is 0 Å². The number of rotatable bonds is 5. The highest BCUT2D eigenvalue weighted by molar-refractivity contribution is 8.18. The fraction of sp³-hybridized carbons (Fsp3) is 0.292. The average molecular weight is 436 g/mol. The first kappa shape index (κ1) is 21.2. The molecule has 160 valence electrons. The van der Waals surface area contributed by atoms with Gasteiger partial charge in [0.15, 0.2) is 0 Å². The van der Waals surface area contributed by atoms with E-state index < -0.39 is 17.1 Å². The van der Waals surface area contributed by atoms with Crippen molar-refractivity contribution >= 4 is 46.3 Å². The molecule has 0 saturated carbocycles. The van der Waals surface area contributed by atoms with Crippen LogP contribution in [-0.4, -0.2) is 41.6 Å². The van der Waals surface area contributed by atoms with Crippen LogP contribution in [0.3, 0.4) is 0 Å². The molecule has 0 bridgehead atoms. The van der Waals surface area contributed by atoms with Crippen LogP contribution in [0.15, 0.2) is 53.4 Å². The van der Waals surface area contributed by atoms with Gasteiger partial charge in [0.2, 0.25) is 5.91 Å². The summed E-state index contributed by atoms with van der Waals surface area (Å²) in [4.78, 5) is 41.0. The van der Waals surface area contributed by atoms with Crippen molar-refractivity contribution in [3.05, 3.63) is 64.6 Å². The van der Waals surface area contributed by atoms with Gasteiger partial charge < -0.3 is 10.2 Å². The summed E-state index contributed by atoms with van der Waals surface area (Å²) in [7, 11) is 0. The molecule has 6 nitrogen and oxygen atoms in total. The van der Waals surface area contributed by atoms with Crippen molar-refractivity contribution < 1.29 is 14.4 Å². The summed E-state index contributed by atoms with van der Waals surface area (Å²) in [6, 6.07) is 15.4. The normalized spacial score (nSPS) is 18.0. The van der Waals surface area contributed by atoms with Gasteiger partial charge in [-0.3, -0.25) is 19.3 Å². The van der Waals surface area contributed by atoms with Crippen molar-refractivity contribution in [3.63, 3.8) is 0 Å². The molecule has 0 aliphatic carbocycles. The number of imide groups is 1. The van der Waals surface area contributed by atoms with E-state index in [2.05, 4.69) is 22.3 Å². The average Bonchev–Trinajstić information content (AvgIpc) is 3.04. The summed E-state index contributed by atoms with van der Waals surface area (Å²) in [5.41, 5.74) is 3.75. The minimum absolute atomic E-state index is 0.302. The Bertz CT molecular complexity index is 1010. The first-order valence-corrected chi connectivity index (χ1v) is 11.3. The molecule has 2 aromatic carbocycles. The molecule has 2 aliphatic heterocycles. The second-order valence-electron chi connectivity index (χ2n) is 7.82. The highest BCUT2D eigenvalue weighted by Gasteiger charge is 2.36.